The number of primary amides is 1. The number of nitrogens with one attached hydrogen (secondary N) is 2. The average molecular weight is 257 g/mol. The summed E-state index contributed by atoms with van der Waals surface area (Å²) in [4.78, 5) is 22.5. The number of aliphatic hydroxyl groups excluding tert-OH is 1. The maximum atomic E-state index is 11.8. The van der Waals surface area contributed by atoms with Crippen LogP contribution in [0.5, 0.6) is 0 Å². The molecular formula is C12H23N3O3. The Morgan fingerprint density at radius 3 is 2.50 bits per heavy atom. The lowest BCUT2D eigenvalue weighted by Crippen LogP contribution is -2.49. The number of rotatable bonds is 6. The minimum absolute atomic E-state index is 0.00537. The minimum Gasteiger partial charge on any atom is -0.382 e. The highest BCUT2D eigenvalue weighted by atomic mass is 16.3. The van der Waals surface area contributed by atoms with Crippen LogP contribution in [0.2, 0.25) is 0 Å². The number of nitrogens with two attached hydrogens (primary N) is 1. The smallest absolute Gasteiger partial charge is 0.247 e. The number of aliphatic hydroxyl groups is 1. The van der Waals surface area contributed by atoms with Gasteiger partial charge in [0.05, 0.1) is 6.04 Å². The fraction of sp³-hybridized carbons (Fsp3) is 0.833. The monoisotopic (exact) mass is 257 g/mol. The van der Waals surface area contributed by atoms with Gasteiger partial charge in [-0.05, 0) is 19.8 Å². The fourth-order valence-electron chi connectivity index (χ4n) is 2.05. The largest absolute Gasteiger partial charge is 0.382 e. The molecule has 0 radical (unpaired) electrons. The zero-order valence-corrected chi connectivity index (χ0v) is 10.8. The van der Waals surface area contributed by atoms with E-state index in [0.29, 0.717) is 0 Å². The molecule has 2 unspecified atom stereocenters. The predicted molar refractivity (Wildman–Crippen MR) is 67.7 cm³/mol. The first-order valence-electron chi connectivity index (χ1n) is 6.52. The Morgan fingerprint density at radius 1 is 1.33 bits per heavy atom. The van der Waals surface area contributed by atoms with Crippen molar-refractivity contribution < 1.29 is 14.7 Å². The van der Waals surface area contributed by atoms with E-state index in [4.69, 9.17) is 5.73 Å². The normalized spacial score (nSPS) is 20.1. The highest BCUT2D eigenvalue weighted by Crippen LogP contribution is 2.17. The number of amides is 2. The maximum Gasteiger partial charge on any atom is 0.247 e. The average Bonchev–Trinajstić information content (AvgIpc) is 2.36. The molecule has 1 aliphatic carbocycles. The quantitative estimate of drug-likeness (QED) is 0.503. The predicted octanol–water partition coefficient (Wildman–Crippen LogP) is -0.740. The molecule has 0 aromatic rings. The molecule has 0 saturated heterocycles. The van der Waals surface area contributed by atoms with Gasteiger partial charge in [-0.1, -0.05) is 19.3 Å². The number of carbonyl (C=O) groups excluding carboxylic acids is 2. The van der Waals surface area contributed by atoms with Crippen molar-refractivity contribution in [1.82, 2.24) is 10.6 Å². The molecule has 0 bridgehead atoms. The molecule has 1 fully saturated rings. The number of carbonyl (C=O) groups is 2. The van der Waals surface area contributed by atoms with Crippen LogP contribution in [0.4, 0.5) is 0 Å². The van der Waals surface area contributed by atoms with Crippen molar-refractivity contribution in [3.05, 3.63) is 0 Å². The van der Waals surface area contributed by atoms with Crippen LogP contribution in [0.25, 0.3) is 0 Å². The lowest BCUT2D eigenvalue weighted by molar-refractivity contribution is -0.127. The third kappa shape index (κ3) is 5.01. The van der Waals surface area contributed by atoms with E-state index in [2.05, 4.69) is 10.6 Å². The molecule has 0 aliphatic heterocycles. The van der Waals surface area contributed by atoms with Gasteiger partial charge in [-0.2, -0.15) is 0 Å². The van der Waals surface area contributed by atoms with Crippen LogP contribution in [-0.2, 0) is 9.59 Å². The van der Waals surface area contributed by atoms with E-state index in [1.165, 1.54) is 6.42 Å². The zero-order valence-electron chi connectivity index (χ0n) is 10.8. The Hall–Kier alpha value is -1.14. The first-order valence-corrected chi connectivity index (χ1v) is 6.52. The summed E-state index contributed by atoms with van der Waals surface area (Å²) in [7, 11) is 0. The molecule has 2 amide bonds. The topological polar surface area (TPSA) is 104 Å². The van der Waals surface area contributed by atoms with Crippen molar-refractivity contribution >= 4 is 11.8 Å². The standard InChI is InChI=1S/C12H23N3O3/c1-8(14-7-10(16)11(13)17)12(18)15-9-5-3-2-4-6-9/h8-10,14,16H,2-7H2,1H3,(H2,13,17)(H,15,18). The van der Waals surface area contributed by atoms with Crippen LogP contribution in [0.15, 0.2) is 0 Å². The molecule has 0 aromatic carbocycles. The second-order valence-electron chi connectivity index (χ2n) is 4.89. The number of hydrogen-bond donors (Lipinski definition) is 4. The molecule has 1 saturated carbocycles. The lowest BCUT2D eigenvalue weighted by Gasteiger charge is -2.25. The van der Waals surface area contributed by atoms with Crippen LogP contribution in [0.1, 0.15) is 39.0 Å². The van der Waals surface area contributed by atoms with Gasteiger partial charge in [-0.25, -0.2) is 0 Å². The van der Waals surface area contributed by atoms with E-state index in [1.807, 2.05) is 0 Å². The minimum atomic E-state index is -1.25. The second kappa shape index (κ2) is 7.33. The summed E-state index contributed by atoms with van der Waals surface area (Å²) in [5, 5.41) is 15.0. The molecule has 104 valence electrons. The van der Waals surface area contributed by atoms with Gasteiger partial charge < -0.3 is 21.5 Å². The molecule has 1 aliphatic rings. The zero-order chi connectivity index (χ0) is 13.5. The van der Waals surface area contributed by atoms with Gasteiger partial charge in [0.15, 0.2) is 0 Å². The molecule has 5 N–H and O–H groups in total. The van der Waals surface area contributed by atoms with Gasteiger partial charge in [0.1, 0.15) is 6.10 Å². The van der Waals surface area contributed by atoms with Crippen molar-refractivity contribution in [2.75, 3.05) is 6.54 Å². The van der Waals surface area contributed by atoms with E-state index in [-0.39, 0.29) is 18.5 Å². The van der Waals surface area contributed by atoms with Gasteiger partial charge in [-0.15, -0.1) is 0 Å². The molecule has 0 spiro atoms. The van der Waals surface area contributed by atoms with Crippen molar-refractivity contribution in [3.8, 4) is 0 Å². The van der Waals surface area contributed by atoms with Crippen LogP contribution < -0.4 is 16.4 Å². The molecule has 2 atom stereocenters. The molecule has 1 rings (SSSR count). The summed E-state index contributed by atoms with van der Waals surface area (Å²) >= 11 is 0. The molecular weight excluding hydrogens is 234 g/mol. The van der Waals surface area contributed by atoms with E-state index in [0.717, 1.165) is 25.7 Å². The summed E-state index contributed by atoms with van der Waals surface area (Å²) in [6.07, 6.45) is 4.37. The summed E-state index contributed by atoms with van der Waals surface area (Å²) in [5.41, 5.74) is 4.92. The van der Waals surface area contributed by atoms with Crippen molar-refractivity contribution in [2.45, 2.75) is 57.2 Å². The Bertz CT molecular complexity index is 290. The SMILES string of the molecule is CC(NCC(O)C(N)=O)C(=O)NC1CCCCC1. The molecule has 18 heavy (non-hydrogen) atoms. The third-order valence-electron chi connectivity index (χ3n) is 3.29. The van der Waals surface area contributed by atoms with Gasteiger partial charge in [0.25, 0.3) is 0 Å². The maximum absolute atomic E-state index is 11.8. The summed E-state index contributed by atoms with van der Waals surface area (Å²) in [6.45, 7) is 1.69. The Labute approximate surface area is 107 Å². The van der Waals surface area contributed by atoms with Gasteiger partial charge in [0, 0.05) is 12.6 Å². The van der Waals surface area contributed by atoms with E-state index in [1.54, 1.807) is 6.92 Å². The van der Waals surface area contributed by atoms with Gasteiger partial charge >= 0.3 is 0 Å². The van der Waals surface area contributed by atoms with Crippen LogP contribution in [-0.4, -0.2) is 41.7 Å². The van der Waals surface area contributed by atoms with Crippen LogP contribution in [0, 0.1) is 0 Å². The Balaban J connectivity index is 2.25. The molecule has 6 nitrogen and oxygen atoms in total. The van der Waals surface area contributed by atoms with Gasteiger partial charge in [0.2, 0.25) is 11.8 Å². The molecule has 0 aromatic heterocycles. The summed E-state index contributed by atoms with van der Waals surface area (Å²) < 4.78 is 0. The highest BCUT2D eigenvalue weighted by Gasteiger charge is 2.20. The summed E-state index contributed by atoms with van der Waals surface area (Å²) in [5.74, 6) is -0.888. The highest BCUT2D eigenvalue weighted by molar-refractivity contribution is 5.82. The van der Waals surface area contributed by atoms with Crippen LogP contribution in [0.3, 0.4) is 0 Å². The van der Waals surface area contributed by atoms with E-state index in [9.17, 15) is 14.7 Å². The molecule has 0 heterocycles. The fourth-order valence-corrected chi connectivity index (χ4v) is 2.05. The second-order valence-corrected chi connectivity index (χ2v) is 4.89. The van der Waals surface area contributed by atoms with Crippen molar-refractivity contribution in [2.24, 2.45) is 5.73 Å². The van der Waals surface area contributed by atoms with Gasteiger partial charge in [-0.3, -0.25) is 9.59 Å². The third-order valence-corrected chi connectivity index (χ3v) is 3.29. The summed E-state index contributed by atoms with van der Waals surface area (Å²) in [6, 6.07) is -0.183. The van der Waals surface area contributed by atoms with Crippen molar-refractivity contribution in [3.63, 3.8) is 0 Å². The van der Waals surface area contributed by atoms with E-state index >= 15 is 0 Å². The lowest BCUT2D eigenvalue weighted by atomic mass is 9.95. The van der Waals surface area contributed by atoms with Crippen LogP contribution >= 0.6 is 0 Å². The van der Waals surface area contributed by atoms with E-state index < -0.39 is 18.1 Å². The number of hydrogen-bond acceptors (Lipinski definition) is 4. The van der Waals surface area contributed by atoms with Crippen molar-refractivity contribution in [1.29, 1.82) is 0 Å². The first kappa shape index (κ1) is 14.9. The first-order chi connectivity index (χ1) is 8.50. The molecule has 6 heteroatoms. The Kier molecular flexibility index (Phi) is 6.07. The Morgan fingerprint density at radius 2 is 1.94 bits per heavy atom.